The quantitative estimate of drug-likeness (QED) is 0.820. The van der Waals surface area contributed by atoms with E-state index in [-0.39, 0.29) is 6.04 Å². The van der Waals surface area contributed by atoms with Crippen LogP contribution in [0.4, 0.5) is 0 Å². The van der Waals surface area contributed by atoms with E-state index in [1.807, 2.05) is 0 Å². The fourth-order valence-electron chi connectivity index (χ4n) is 1.69. The number of hydrogen-bond donors (Lipinski definition) is 1. The van der Waals surface area contributed by atoms with Gasteiger partial charge in [0.25, 0.3) is 0 Å². The standard InChI is InChI=1S/C13H19NO/c1-10-5-7-11(8-6-10)13(14)9-15-12-3-2-4-12/h5-8,12-13H,2-4,9,14H2,1H3. The van der Waals surface area contributed by atoms with Crippen molar-refractivity contribution in [2.45, 2.75) is 38.3 Å². The summed E-state index contributed by atoms with van der Waals surface area (Å²) < 4.78 is 5.70. The SMILES string of the molecule is Cc1ccc(C(N)COC2CCC2)cc1. The van der Waals surface area contributed by atoms with Crippen molar-refractivity contribution in [2.75, 3.05) is 6.61 Å². The first-order valence-electron chi connectivity index (χ1n) is 5.69. The highest BCUT2D eigenvalue weighted by Crippen LogP contribution is 2.23. The molecule has 2 heteroatoms. The van der Waals surface area contributed by atoms with Crippen LogP contribution in [0.1, 0.15) is 36.4 Å². The maximum atomic E-state index is 6.05. The molecule has 0 aromatic heterocycles. The molecule has 0 heterocycles. The van der Waals surface area contributed by atoms with Crippen molar-refractivity contribution in [1.82, 2.24) is 0 Å². The first-order chi connectivity index (χ1) is 7.25. The lowest BCUT2D eigenvalue weighted by Crippen LogP contribution is -2.26. The van der Waals surface area contributed by atoms with Gasteiger partial charge in [0.2, 0.25) is 0 Å². The van der Waals surface area contributed by atoms with Gasteiger partial charge in [0, 0.05) is 0 Å². The molecule has 1 aliphatic rings. The van der Waals surface area contributed by atoms with Gasteiger partial charge >= 0.3 is 0 Å². The summed E-state index contributed by atoms with van der Waals surface area (Å²) in [5, 5.41) is 0. The van der Waals surface area contributed by atoms with Gasteiger partial charge < -0.3 is 10.5 Å². The smallest absolute Gasteiger partial charge is 0.0663 e. The third-order valence-corrected chi connectivity index (χ3v) is 3.07. The average molecular weight is 205 g/mol. The molecule has 0 bridgehead atoms. The molecule has 1 atom stereocenters. The third-order valence-electron chi connectivity index (χ3n) is 3.07. The fraction of sp³-hybridized carbons (Fsp3) is 0.538. The molecule has 0 radical (unpaired) electrons. The Hall–Kier alpha value is -0.860. The molecule has 1 aromatic carbocycles. The van der Waals surface area contributed by atoms with E-state index in [4.69, 9.17) is 10.5 Å². The number of rotatable bonds is 4. The number of nitrogens with two attached hydrogens (primary N) is 1. The van der Waals surface area contributed by atoms with E-state index >= 15 is 0 Å². The Balaban J connectivity index is 1.83. The van der Waals surface area contributed by atoms with Crippen LogP contribution in [0.15, 0.2) is 24.3 Å². The van der Waals surface area contributed by atoms with E-state index < -0.39 is 0 Å². The van der Waals surface area contributed by atoms with Crippen molar-refractivity contribution in [3.05, 3.63) is 35.4 Å². The number of ether oxygens (including phenoxy) is 1. The second-order valence-electron chi connectivity index (χ2n) is 4.40. The van der Waals surface area contributed by atoms with Gasteiger partial charge in [-0.15, -0.1) is 0 Å². The molecule has 1 fully saturated rings. The van der Waals surface area contributed by atoms with Gasteiger partial charge in [-0.1, -0.05) is 29.8 Å². The molecule has 1 aromatic rings. The first kappa shape index (κ1) is 10.7. The number of benzene rings is 1. The zero-order chi connectivity index (χ0) is 10.7. The molecule has 2 nitrogen and oxygen atoms in total. The largest absolute Gasteiger partial charge is 0.376 e. The van der Waals surface area contributed by atoms with Crippen molar-refractivity contribution in [3.63, 3.8) is 0 Å². The summed E-state index contributed by atoms with van der Waals surface area (Å²) in [6.07, 6.45) is 4.20. The predicted octanol–water partition coefficient (Wildman–Crippen LogP) is 2.56. The Bertz CT molecular complexity index is 303. The van der Waals surface area contributed by atoms with Gasteiger partial charge in [-0.2, -0.15) is 0 Å². The molecule has 2 N–H and O–H groups in total. The summed E-state index contributed by atoms with van der Waals surface area (Å²) in [5.41, 5.74) is 8.48. The minimum atomic E-state index is 0.0196. The summed E-state index contributed by atoms with van der Waals surface area (Å²) in [7, 11) is 0. The summed E-state index contributed by atoms with van der Waals surface area (Å²) in [4.78, 5) is 0. The summed E-state index contributed by atoms with van der Waals surface area (Å²) in [6.45, 7) is 2.73. The van der Waals surface area contributed by atoms with Crippen molar-refractivity contribution in [3.8, 4) is 0 Å². The molecule has 82 valence electrons. The lowest BCUT2D eigenvalue weighted by Gasteiger charge is -2.27. The van der Waals surface area contributed by atoms with Crippen molar-refractivity contribution in [2.24, 2.45) is 5.73 Å². The Morgan fingerprint density at radius 2 is 2.00 bits per heavy atom. The van der Waals surface area contributed by atoms with E-state index in [9.17, 15) is 0 Å². The van der Waals surface area contributed by atoms with E-state index in [2.05, 4.69) is 31.2 Å². The van der Waals surface area contributed by atoms with Gasteiger partial charge in [-0.3, -0.25) is 0 Å². The average Bonchev–Trinajstić information content (AvgIpc) is 2.16. The van der Waals surface area contributed by atoms with Gasteiger partial charge in [0.05, 0.1) is 18.8 Å². The van der Waals surface area contributed by atoms with Crippen LogP contribution in [0.2, 0.25) is 0 Å². The highest BCUT2D eigenvalue weighted by molar-refractivity contribution is 5.23. The van der Waals surface area contributed by atoms with Crippen LogP contribution in [-0.2, 0) is 4.74 Å². The van der Waals surface area contributed by atoms with Crippen LogP contribution in [0.3, 0.4) is 0 Å². The minimum absolute atomic E-state index is 0.0196. The van der Waals surface area contributed by atoms with E-state index in [0.29, 0.717) is 12.7 Å². The molecule has 2 rings (SSSR count). The molecule has 0 amide bonds. The summed E-state index contributed by atoms with van der Waals surface area (Å²) in [5.74, 6) is 0. The molecule has 0 aliphatic heterocycles. The van der Waals surface area contributed by atoms with Crippen molar-refractivity contribution >= 4 is 0 Å². The van der Waals surface area contributed by atoms with Crippen LogP contribution in [0.25, 0.3) is 0 Å². The maximum absolute atomic E-state index is 6.05. The Morgan fingerprint density at radius 1 is 1.33 bits per heavy atom. The predicted molar refractivity (Wildman–Crippen MR) is 61.7 cm³/mol. The molecule has 1 aliphatic carbocycles. The van der Waals surface area contributed by atoms with Gasteiger partial charge in [-0.05, 0) is 31.7 Å². The van der Waals surface area contributed by atoms with E-state index in [0.717, 1.165) is 0 Å². The van der Waals surface area contributed by atoms with E-state index in [1.165, 1.54) is 30.4 Å². The highest BCUT2D eigenvalue weighted by Gasteiger charge is 2.19. The van der Waals surface area contributed by atoms with Gasteiger partial charge in [0.1, 0.15) is 0 Å². The first-order valence-corrected chi connectivity index (χ1v) is 5.69. The summed E-state index contributed by atoms with van der Waals surface area (Å²) in [6, 6.07) is 8.39. The molecular formula is C13H19NO. The normalized spacial score (nSPS) is 18.5. The molecular weight excluding hydrogens is 186 g/mol. The molecule has 1 saturated carbocycles. The van der Waals surface area contributed by atoms with Gasteiger partial charge in [-0.25, -0.2) is 0 Å². The highest BCUT2D eigenvalue weighted by atomic mass is 16.5. The zero-order valence-corrected chi connectivity index (χ0v) is 9.28. The van der Waals surface area contributed by atoms with Crippen molar-refractivity contribution < 1.29 is 4.74 Å². The second kappa shape index (κ2) is 4.77. The Labute approximate surface area is 91.4 Å². The lowest BCUT2D eigenvalue weighted by molar-refractivity contribution is -0.00445. The monoisotopic (exact) mass is 205 g/mol. The van der Waals surface area contributed by atoms with E-state index in [1.54, 1.807) is 0 Å². The Morgan fingerprint density at radius 3 is 2.53 bits per heavy atom. The molecule has 0 saturated heterocycles. The maximum Gasteiger partial charge on any atom is 0.0663 e. The molecule has 0 spiro atoms. The zero-order valence-electron chi connectivity index (χ0n) is 9.28. The van der Waals surface area contributed by atoms with Gasteiger partial charge in [0.15, 0.2) is 0 Å². The van der Waals surface area contributed by atoms with Crippen LogP contribution in [-0.4, -0.2) is 12.7 Å². The Kier molecular flexibility index (Phi) is 3.39. The fourth-order valence-corrected chi connectivity index (χ4v) is 1.69. The lowest BCUT2D eigenvalue weighted by atomic mass is 9.96. The molecule has 1 unspecified atom stereocenters. The summed E-state index contributed by atoms with van der Waals surface area (Å²) >= 11 is 0. The number of hydrogen-bond acceptors (Lipinski definition) is 2. The van der Waals surface area contributed by atoms with Crippen LogP contribution >= 0.6 is 0 Å². The second-order valence-corrected chi connectivity index (χ2v) is 4.40. The topological polar surface area (TPSA) is 35.2 Å². The van der Waals surface area contributed by atoms with Crippen LogP contribution < -0.4 is 5.73 Å². The third kappa shape index (κ3) is 2.80. The van der Waals surface area contributed by atoms with Crippen LogP contribution in [0, 0.1) is 6.92 Å². The van der Waals surface area contributed by atoms with Crippen molar-refractivity contribution in [1.29, 1.82) is 0 Å². The number of aryl methyl sites for hydroxylation is 1. The van der Waals surface area contributed by atoms with Crippen LogP contribution in [0.5, 0.6) is 0 Å². The minimum Gasteiger partial charge on any atom is -0.376 e. The molecule has 15 heavy (non-hydrogen) atoms.